The number of rotatable bonds is 8. The third-order valence-electron chi connectivity index (χ3n) is 4.78. The first-order valence-corrected chi connectivity index (χ1v) is 10.7. The van der Waals surface area contributed by atoms with E-state index in [0.29, 0.717) is 27.6 Å². The average Bonchev–Trinajstić information content (AvgIpc) is 2.79. The van der Waals surface area contributed by atoms with Crippen molar-refractivity contribution in [3.8, 4) is 5.75 Å². The Labute approximate surface area is 197 Å². The Morgan fingerprint density at radius 3 is 2.21 bits per heavy atom. The van der Waals surface area contributed by atoms with Gasteiger partial charge in [0.05, 0.1) is 0 Å². The molecule has 0 aliphatic heterocycles. The largest absolute Gasteiger partial charge is 0.476 e. The molecule has 7 heteroatoms. The molecular formula is C26H24ClNO5. The van der Waals surface area contributed by atoms with Crippen LogP contribution in [0.2, 0.25) is 5.02 Å². The lowest BCUT2D eigenvalue weighted by Gasteiger charge is -2.27. The van der Waals surface area contributed by atoms with E-state index in [1.807, 2.05) is 0 Å². The minimum absolute atomic E-state index is 0.127. The van der Waals surface area contributed by atoms with Gasteiger partial charge in [-0.3, -0.25) is 9.59 Å². The third-order valence-corrected chi connectivity index (χ3v) is 5.03. The number of anilines is 1. The second-order valence-electron chi connectivity index (χ2n) is 7.89. The fraction of sp³-hybridized carbons (Fsp3) is 0.192. The Kier molecular flexibility index (Phi) is 7.51. The summed E-state index contributed by atoms with van der Waals surface area (Å²) in [6, 6.07) is 21.8. The molecule has 0 spiro atoms. The molecule has 1 N–H and O–H groups in total. The molecule has 0 heterocycles. The van der Waals surface area contributed by atoms with Crippen LogP contribution in [0.15, 0.2) is 78.9 Å². The summed E-state index contributed by atoms with van der Waals surface area (Å²) >= 11 is 5.90. The van der Waals surface area contributed by atoms with Crippen molar-refractivity contribution in [3.63, 3.8) is 0 Å². The molecule has 3 aromatic carbocycles. The number of ketones is 1. The van der Waals surface area contributed by atoms with Gasteiger partial charge in [0, 0.05) is 21.8 Å². The summed E-state index contributed by atoms with van der Waals surface area (Å²) < 4.78 is 11.4. The number of hydrogen-bond donors (Lipinski definition) is 1. The number of benzene rings is 3. The molecule has 3 aromatic rings. The number of carbonyl (C=O) groups excluding carboxylic acids is 3. The molecule has 0 aliphatic rings. The Morgan fingerprint density at radius 1 is 0.909 bits per heavy atom. The topological polar surface area (TPSA) is 81.7 Å². The predicted octanol–water partition coefficient (Wildman–Crippen LogP) is 5.62. The zero-order valence-electron chi connectivity index (χ0n) is 18.5. The zero-order valence-corrected chi connectivity index (χ0v) is 19.3. The molecule has 0 saturated heterocycles. The van der Waals surface area contributed by atoms with Gasteiger partial charge in [-0.15, -0.1) is 0 Å². The molecule has 0 aliphatic carbocycles. The van der Waals surface area contributed by atoms with E-state index in [1.54, 1.807) is 92.7 Å². The molecule has 170 valence electrons. The third kappa shape index (κ3) is 6.43. The molecule has 1 amide bonds. The Morgan fingerprint density at radius 2 is 1.58 bits per heavy atom. The van der Waals surface area contributed by atoms with Gasteiger partial charge < -0.3 is 14.8 Å². The molecule has 0 bridgehead atoms. The fourth-order valence-corrected chi connectivity index (χ4v) is 3.14. The van der Waals surface area contributed by atoms with Crippen molar-refractivity contribution in [1.29, 1.82) is 0 Å². The lowest BCUT2D eigenvalue weighted by atomic mass is 10.1. The summed E-state index contributed by atoms with van der Waals surface area (Å²) in [5, 5.41) is 3.26. The molecule has 0 saturated carbocycles. The van der Waals surface area contributed by atoms with Crippen LogP contribution in [-0.4, -0.2) is 23.3 Å². The van der Waals surface area contributed by atoms with Crippen molar-refractivity contribution in [2.75, 3.05) is 5.32 Å². The highest BCUT2D eigenvalue weighted by molar-refractivity contribution is 6.30. The van der Waals surface area contributed by atoms with E-state index in [0.717, 1.165) is 0 Å². The number of halogens is 1. The van der Waals surface area contributed by atoms with E-state index in [-0.39, 0.29) is 5.78 Å². The number of nitrogens with one attached hydrogen (secondary N) is 1. The quantitative estimate of drug-likeness (QED) is 0.344. The molecular weight excluding hydrogens is 442 g/mol. The van der Waals surface area contributed by atoms with E-state index < -0.39 is 23.6 Å². The maximum atomic E-state index is 13.1. The molecule has 0 radical (unpaired) electrons. The van der Waals surface area contributed by atoms with Crippen LogP contribution in [0.1, 0.15) is 42.8 Å². The first-order valence-electron chi connectivity index (χ1n) is 10.3. The van der Waals surface area contributed by atoms with E-state index in [1.165, 1.54) is 6.92 Å². The molecule has 1 atom stereocenters. The number of hydrogen-bond acceptors (Lipinski definition) is 5. The van der Waals surface area contributed by atoms with Gasteiger partial charge in [-0.25, -0.2) is 4.79 Å². The molecule has 33 heavy (non-hydrogen) atoms. The van der Waals surface area contributed by atoms with Crippen LogP contribution >= 0.6 is 11.6 Å². The zero-order chi connectivity index (χ0) is 24.0. The summed E-state index contributed by atoms with van der Waals surface area (Å²) in [5.74, 6) is -0.974. The predicted molar refractivity (Wildman–Crippen MR) is 127 cm³/mol. The molecule has 1 unspecified atom stereocenters. The monoisotopic (exact) mass is 465 g/mol. The standard InChI is InChI=1S/C26H24ClNO5/c1-17(29)19-10-7-11-21(16-19)28-24(30)23(18-8-5-4-6-9-18)32-25(31)26(2,3)33-22-14-12-20(27)13-15-22/h4-16,23H,1-3H3,(H,28,30). The van der Waals surface area contributed by atoms with Gasteiger partial charge >= 0.3 is 5.97 Å². The molecule has 3 rings (SSSR count). The van der Waals surface area contributed by atoms with E-state index in [4.69, 9.17) is 21.1 Å². The highest BCUT2D eigenvalue weighted by Crippen LogP contribution is 2.26. The SMILES string of the molecule is CC(=O)c1cccc(NC(=O)C(OC(=O)C(C)(C)Oc2ccc(Cl)cc2)c2ccccc2)c1. The fourth-order valence-electron chi connectivity index (χ4n) is 3.01. The van der Waals surface area contributed by atoms with Crippen molar-refractivity contribution < 1.29 is 23.9 Å². The Balaban J connectivity index is 1.81. The van der Waals surface area contributed by atoms with Crippen LogP contribution in [0.4, 0.5) is 5.69 Å². The van der Waals surface area contributed by atoms with Gasteiger partial charge in [0.25, 0.3) is 5.91 Å². The first kappa shape index (κ1) is 24.0. The van der Waals surface area contributed by atoms with E-state index >= 15 is 0 Å². The van der Waals surface area contributed by atoms with Crippen LogP contribution in [0, 0.1) is 0 Å². The average molecular weight is 466 g/mol. The van der Waals surface area contributed by atoms with Crippen molar-refractivity contribution in [3.05, 3.63) is 95.0 Å². The maximum absolute atomic E-state index is 13.1. The number of Topliss-reactive ketones (excluding diaryl/α,β-unsaturated/α-hetero) is 1. The number of amides is 1. The smallest absolute Gasteiger partial charge is 0.351 e. The summed E-state index contributed by atoms with van der Waals surface area (Å²) in [4.78, 5) is 37.8. The van der Waals surface area contributed by atoms with Crippen LogP contribution in [-0.2, 0) is 14.3 Å². The van der Waals surface area contributed by atoms with Crippen LogP contribution in [0.3, 0.4) is 0 Å². The lowest BCUT2D eigenvalue weighted by Crippen LogP contribution is -2.41. The number of carbonyl (C=O) groups is 3. The first-order chi connectivity index (χ1) is 15.7. The van der Waals surface area contributed by atoms with E-state index in [2.05, 4.69) is 5.32 Å². The molecule has 0 aromatic heterocycles. The van der Waals surface area contributed by atoms with Crippen molar-refractivity contribution in [2.24, 2.45) is 0 Å². The second-order valence-corrected chi connectivity index (χ2v) is 8.33. The minimum Gasteiger partial charge on any atom is -0.476 e. The van der Waals surface area contributed by atoms with Crippen LogP contribution in [0.5, 0.6) is 5.75 Å². The van der Waals surface area contributed by atoms with Gasteiger partial charge in [-0.05, 0) is 57.2 Å². The van der Waals surface area contributed by atoms with Gasteiger partial charge in [0.1, 0.15) is 5.75 Å². The Bertz CT molecular complexity index is 1140. The maximum Gasteiger partial charge on any atom is 0.351 e. The summed E-state index contributed by atoms with van der Waals surface area (Å²) in [5.41, 5.74) is -0.0105. The van der Waals surface area contributed by atoms with Gasteiger partial charge in [0.15, 0.2) is 11.4 Å². The van der Waals surface area contributed by atoms with Crippen molar-refractivity contribution in [2.45, 2.75) is 32.5 Å². The van der Waals surface area contributed by atoms with Gasteiger partial charge in [-0.2, -0.15) is 0 Å². The molecule has 6 nitrogen and oxygen atoms in total. The highest BCUT2D eigenvalue weighted by atomic mass is 35.5. The Hall–Kier alpha value is -3.64. The summed E-state index contributed by atoms with van der Waals surface area (Å²) in [6.07, 6.45) is -1.23. The van der Waals surface area contributed by atoms with Crippen molar-refractivity contribution in [1.82, 2.24) is 0 Å². The summed E-state index contributed by atoms with van der Waals surface area (Å²) in [7, 11) is 0. The number of esters is 1. The lowest BCUT2D eigenvalue weighted by molar-refractivity contribution is -0.168. The second kappa shape index (κ2) is 10.3. The minimum atomic E-state index is -1.38. The summed E-state index contributed by atoms with van der Waals surface area (Å²) in [6.45, 7) is 4.55. The van der Waals surface area contributed by atoms with E-state index in [9.17, 15) is 14.4 Å². The van der Waals surface area contributed by atoms with Crippen molar-refractivity contribution >= 4 is 34.9 Å². The molecule has 0 fully saturated rings. The van der Waals surface area contributed by atoms with Crippen LogP contribution < -0.4 is 10.1 Å². The van der Waals surface area contributed by atoms with Gasteiger partial charge in [-0.1, -0.05) is 54.1 Å². The highest BCUT2D eigenvalue weighted by Gasteiger charge is 2.36. The van der Waals surface area contributed by atoms with Crippen LogP contribution in [0.25, 0.3) is 0 Å². The van der Waals surface area contributed by atoms with Gasteiger partial charge in [0.2, 0.25) is 6.10 Å². The number of ether oxygens (including phenoxy) is 2. The normalized spacial score (nSPS) is 11.9.